The lowest BCUT2D eigenvalue weighted by atomic mass is 9.78. The molecule has 0 saturated carbocycles. The third kappa shape index (κ3) is 3.08. The second kappa shape index (κ2) is 6.63. The Kier molecular flexibility index (Phi) is 5.54. The van der Waals surface area contributed by atoms with E-state index in [1.165, 1.54) is 0 Å². The van der Waals surface area contributed by atoms with Crippen LogP contribution in [0.4, 0.5) is 0 Å². The molecule has 0 aliphatic carbocycles. The van der Waals surface area contributed by atoms with E-state index in [0.29, 0.717) is 22.9 Å². The number of hydrogen-bond donors (Lipinski definition) is 0. The third-order valence-corrected chi connectivity index (χ3v) is 4.74. The molecule has 0 aromatic rings. The summed E-state index contributed by atoms with van der Waals surface area (Å²) in [5, 5.41) is 20.0. The van der Waals surface area contributed by atoms with Crippen molar-refractivity contribution in [2.45, 2.75) is 65.5 Å². The predicted octanol–water partition coefficient (Wildman–Crippen LogP) is 4.02. The second-order valence-corrected chi connectivity index (χ2v) is 7.65. The topological polar surface area (TPSA) is 59.9 Å². The van der Waals surface area contributed by atoms with Gasteiger partial charge in [-0.15, -0.1) is 0 Å². The molecule has 1 heterocycles. The van der Waals surface area contributed by atoms with Gasteiger partial charge in [-0.3, -0.25) is 9.48 Å². The maximum atomic E-state index is 9.99. The van der Waals surface area contributed by atoms with Crippen LogP contribution in [-0.2, 0) is 0 Å². The molecule has 1 aliphatic heterocycles. The van der Waals surface area contributed by atoms with E-state index in [1.54, 1.807) is 6.20 Å². The lowest BCUT2D eigenvalue weighted by Gasteiger charge is -2.54. The van der Waals surface area contributed by atoms with Gasteiger partial charge in [0, 0.05) is 26.7 Å². The first kappa shape index (κ1) is 18.4. The van der Waals surface area contributed by atoms with Gasteiger partial charge < -0.3 is 0 Å². The third-order valence-electron chi connectivity index (χ3n) is 4.74. The Morgan fingerprint density at radius 3 is 1.77 bits per heavy atom. The van der Waals surface area contributed by atoms with Gasteiger partial charge in [-0.1, -0.05) is 27.7 Å². The highest BCUT2D eigenvalue weighted by Crippen LogP contribution is 2.43. The average molecular weight is 301 g/mol. The molecule has 0 fully saturated rings. The van der Waals surface area contributed by atoms with Crippen molar-refractivity contribution < 1.29 is 4.48 Å². The first-order valence-corrected chi connectivity index (χ1v) is 8.06. The fraction of sp³-hybridized carbons (Fsp3) is 0.722. The molecule has 0 aromatic heterocycles. The highest BCUT2D eigenvalue weighted by molar-refractivity contribution is 5.60. The molecule has 0 bridgehead atoms. The van der Waals surface area contributed by atoms with Crippen LogP contribution < -0.4 is 0 Å². The lowest BCUT2D eigenvalue weighted by Crippen LogP contribution is -2.71. The number of rotatable bonds is 6. The van der Waals surface area contributed by atoms with E-state index in [9.17, 15) is 10.5 Å². The van der Waals surface area contributed by atoms with Crippen molar-refractivity contribution in [2.24, 2.45) is 16.8 Å². The van der Waals surface area contributed by atoms with Gasteiger partial charge in [0.2, 0.25) is 0 Å². The van der Waals surface area contributed by atoms with Crippen LogP contribution in [0.15, 0.2) is 17.4 Å². The second-order valence-electron chi connectivity index (χ2n) is 7.65. The predicted molar refractivity (Wildman–Crippen MR) is 89.7 cm³/mol. The van der Waals surface area contributed by atoms with Crippen molar-refractivity contribution in [1.29, 1.82) is 10.5 Å². The summed E-state index contributed by atoms with van der Waals surface area (Å²) in [4.78, 5) is 4.19. The van der Waals surface area contributed by atoms with Crippen LogP contribution >= 0.6 is 0 Å². The van der Waals surface area contributed by atoms with Crippen LogP contribution in [0.5, 0.6) is 0 Å². The number of nitrogens with zero attached hydrogens (tertiary/aromatic N) is 4. The summed E-state index contributed by atoms with van der Waals surface area (Å²) in [7, 11) is 0. The maximum absolute atomic E-state index is 9.99. The first-order valence-electron chi connectivity index (χ1n) is 8.06. The van der Waals surface area contributed by atoms with Crippen LogP contribution in [0.25, 0.3) is 0 Å². The highest BCUT2D eigenvalue weighted by Gasteiger charge is 2.58. The van der Waals surface area contributed by atoms with E-state index >= 15 is 0 Å². The van der Waals surface area contributed by atoms with Crippen LogP contribution in [0.2, 0.25) is 0 Å². The SMILES string of the molecule is CC(C)CC(C)(C#N)[N+]1(C(C)(C#N)CC(C)C)C=CN=CC1. The first-order chi connectivity index (χ1) is 10.2. The Labute approximate surface area is 135 Å². The van der Waals surface area contributed by atoms with Crippen molar-refractivity contribution in [3.05, 3.63) is 12.4 Å². The quantitative estimate of drug-likeness (QED) is 0.696. The number of quaternary nitrogens is 1. The zero-order valence-corrected chi connectivity index (χ0v) is 14.8. The molecule has 4 heteroatoms. The van der Waals surface area contributed by atoms with Crippen molar-refractivity contribution in [1.82, 2.24) is 0 Å². The van der Waals surface area contributed by atoms with Gasteiger partial charge in [0.1, 0.15) is 24.9 Å². The fourth-order valence-corrected chi connectivity index (χ4v) is 3.91. The van der Waals surface area contributed by atoms with Crippen LogP contribution in [0, 0.1) is 34.5 Å². The molecule has 0 amide bonds. The minimum absolute atomic E-state index is 0.340. The minimum Gasteiger partial charge on any atom is -0.259 e. The number of hydrogen-bond acceptors (Lipinski definition) is 3. The summed E-state index contributed by atoms with van der Waals surface area (Å²) in [6.45, 7) is 13.1. The van der Waals surface area contributed by atoms with E-state index in [2.05, 4.69) is 44.8 Å². The van der Waals surface area contributed by atoms with E-state index in [4.69, 9.17) is 0 Å². The molecule has 0 saturated heterocycles. The van der Waals surface area contributed by atoms with Gasteiger partial charge in [-0.05, 0) is 11.8 Å². The van der Waals surface area contributed by atoms with Gasteiger partial charge in [0.05, 0.1) is 12.4 Å². The Morgan fingerprint density at radius 2 is 1.50 bits per heavy atom. The summed E-state index contributed by atoms with van der Waals surface area (Å²) in [6.07, 6.45) is 7.05. The molecule has 120 valence electrons. The monoisotopic (exact) mass is 301 g/mol. The summed E-state index contributed by atoms with van der Waals surface area (Å²) >= 11 is 0. The van der Waals surface area contributed by atoms with Crippen LogP contribution in [0.1, 0.15) is 54.4 Å². The standard InChI is InChI=1S/C18H29N4/c1-15(2)11-17(5,13-19)22(9-7-21-8-10-22)18(6,14-20)12-16(3)4/h7-9,15-16H,10-12H2,1-6H3/q+1. The van der Waals surface area contributed by atoms with Gasteiger partial charge >= 0.3 is 0 Å². The van der Waals surface area contributed by atoms with Crippen LogP contribution in [-0.4, -0.2) is 28.3 Å². The molecule has 0 radical (unpaired) electrons. The largest absolute Gasteiger partial charge is 0.259 e. The van der Waals surface area contributed by atoms with Crippen molar-refractivity contribution in [2.75, 3.05) is 6.54 Å². The van der Waals surface area contributed by atoms with Crippen LogP contribution in [0.3, 0.4) is 0 Å². The van der Waals surface area contributed by atoms with Gasteiger partial charge in [0.25, 0.3) is 0 Å². The van der Waals surface area contributed by atoms with Gasteiger partial charge in [0.15, 0.2) is 11.1 Å². The van der Waals surface area contributed by atoms with E-state index in [0.717, 1.165) is 12.8 Å². The zero-order valence-electron chi connectivity index (χ0n) is 14.8. The molecule has 2 atom stereocenters. The molecule has 4 nitrogen and oxygen atoms in total. The Hall–Kier alpha value is -1.65. The normalized spacial score (nSPS) is 26.3. The number of nitriles is 2. The molecular weight excluding hydrogens is 272 g/mol. The molecule has 0 aromatic carbocycles. The van der Waals surface area contributed by atoms with Crippen molar-refractivity contribution in [3.63, 3.8) is 0 Å². The zero-order chi connectivity index (χ0) is 17.0. The van der Waals surface area contributed by atoms with E-state index < -0.39 is 11.1 Å². The van der Waals surface area contributed by atoms with E-state index in [1.807, 2.05) is 26.3 Å². The minimum atomic E-state index is -0.656. The Bertz CT molecular complexity index is 498. The average Bonchev–Trinajstić information content (AvgIpc) is 2.46. The van der Waals surface area contributed by atoms with Crippen molar-refractivity contribution in [3.8, 4) is 12.1 Å². The van der Waals surface area contributed by atoms with Gasteiger partial charge in [-0.25, -0.2) is 0 Å². The fourth-order valence-electron chi connectivity index (χ4n) is 3.91. The Balaban J connectivity index is 3.50. The molecule has 2 unspecified atom stereocenters. The molecule has 1 aliphatic rings. The van der Waals surface area contributed by atoms with Crippen molar-refractivity contribution >= 4 is 6.21 Å². The van der Waals surface area contributed by atoms with Gasteiger partial charge in [-0.2, -0.15) is 10.5 Å². The molecular formula is C18H29N4+. The lowest BCUT2D eigenvalue weighted by molar-refractivity contribution is -0.952. The molecule has 22 heavy (non-hydrogen) atoms. The summed E-state index contributed by atoms with van der Waals surface area (Å²) in [5.41, 5.74) is -1.31. The maximum Gasteiger partial charge on any atom is 0.189 e. The smallest absolute Gasteiger partial charge is 0.189 e. The Morgan fingerprint density at radius 1 is 1.05 bits per heavy atom. The molecule has 0 spiro atoms. The summed E-state index contributed by atoms with van der Waals surface area (Å²) in [6, 6.07) is 5.08. The molecule has 0 N–H and O–H groups in total. The van der Waals surface area contributed by atoms with E-state index in [-0.39, 0.29) is 0 Å². The number of aliphatic imine (C=N–C) groups is 1. The molecule has 1 rings (SSSR count). The highest BCUT2D eigenvalue weighted by atomic mass is 15.4. The summed E-state index contributed by atoms with van der Waals surface area (Å²) < 4.78 is 0.340. The summed E-state index contributed by atoms with van der Waals surface area (Å²) in [5.74, 6) is 0.766.